The van der Waals surface area contributed by atoms with Crippen LogP contribution in [0.15, 0.2) is 48.5 Å². The Kier molecular flexibility index (Phi) is 6.24. The van der Waals surface area contributed by atoms with Gasteiger partial charge in [-0.15, -0.1) is 0 Å². The average molecular weight is 453 g/mol. The van der Waals surface area contributed by atoms with E-state index >= 15 is 0 Å². The molecule has 2 aromatic carbocycles. The second kappa shape index (κ2) is 9.11. The van der Waals surface area contributed by atoms with Crippen molar-refractivity contribution in [3.05, 3.63) is 59.7 Å². The lowest BCUT2D eigenvalue weighted by Crippen LogP contribution is -2.53. The van der Waals surface area contributed by atoms with E-state index in [0.29, 0.717) is 35.6 Å². The van der Waals surface area contributed by atoms with E-state index in [1.54, 1.807) is 67.7 Å². The number of hydrogen-bond acceptors (Lipinski definition) is 6. The molecule has 4 amide bonds. The van der Waals surface area contributed by atoms with Crippen LogP contribution in [0.1, 0.15) is 30.4 Å². The van der Waals surface area contributed by atoms with Crippen molar-refractivity contribution in [2.75, 3.05) is 27.4 Å². The van der Waals surface area contributed by atoms with Gasteiger partial charge in [0.2, 0.25) is 5.91 Å². The van der Waals surface area contributed by atoms with Crippen molar-refractivity contribution in [2.24, 2.45) is 5.73 Å². The highest BCUT2D eigenvalue weighted by atomic mass is 16.5. The highest BCUT2D eigenvalue weighted by Gasteiger charge is 2.54. The van der Waals surface area contributed by atoms with E-state index in [0.717, 1.165) is 17.7 Å². The quantitative estimate of drug-likeness (QED) is 0.619. The van der Waals surface area contributed by atoms with Crippen LogP contribution in [0.5, 0.6) is 11.5 Å². The van der Waals surface area contributed by atoms with Crippen molar-refractivity contribution in [2.45, 2.75) is 30.8 Å². The molecule has 2 saturated heterocycles. The van der Waals surface area contributed by atoms with Crippen LogP contribution in [0.3, 0.4) is 0 Å². The molecule has 0 bridgehead atoms. The molecular formula is C24H28N4O5. The van der Waals surface area contributed by atoms with E-state index in [9.17, 15) is 14.4 Å². The Labute approximate surface area is 192 Å². The van der Waals surface area contributed by atoms with E-state index in [4.69, 9.17) is 15.2 Å². The Morgan fingerprint density at radius 1 is 1.00 bits per heavy atom. The van der Waals surface area contributed by atoms with Crippen LogP contribution >= 0.6 is 0 Å². The van der Waals surface area contributed by atoms with Crippen molar-refractivity contribution in [3.8, 4) is 11.5 Å². The van der Waals surface area contributed by atoms with Gasteiger partial charge in [0.15, 0.2) is 5.54 Å². The van der Waals surface area contributed by atoms with E-state index in [1.807, 2.05) is 0 Å². The van der Waals surface area contributed by atoms with Gasteiger partial charge in [-0.25, -0.2) is 9.69 Å². The molecule has 2 aliphatic rings. The molecule has 33 heavy (non-hydrogen) atoms. The zero-order chi connectivity index (χ0) is 23.6. The van der Waals surface area contributed by atoms with Gasteiger partial charge in [-0.1, -0.05) is 30.7 Å². The molecule has 2 heterocycles. The number of primary amides is 1. The number of likely N-dealkylation sites (tertiary alicyclic amines) is 1. The number of carbonyl (C=O) groups excluding carboxylic acids is 3. The first-order chi connectivity index (χ1) is 15.9. The molecule has 2 fully saturated rings. The number of imide groups is 1. The minimum Gasteiger partial charge on any atom is -0.497 e. The predicted octanol–water partition coefficient (Wildman–Crippen LogP) is 1.80. The molecule has 174 valence electrons. The number of nitrogens with zero attached hydrogens (tertiary/aromatic N) is 2. The van der Waals surface area contributed by atoms with E-state index in [1.165, 1.54) is 0 Å². The summed E-state index contributed by atoms with van der Waals surface area (Å²) in [5.74, 6) is 0.403. The van der Waals surface area contributed by atoms with Gasteiger partial charge in [0.1, 0.15) is 11.5 Å². The van der Waals surface area contributed by atoms with Crippen molar-refractivity contribution < 1.29 is 23.9 Å². The maximum Gasteiger partial charge on any atom is 0.326 e. The highest BCUT2D eigenvalue weighted by Crippen LogP contribution is 2.38. The van der Waals surface area contributed by atoms with Gasteiger partial charge < -0.3 is 20.5 Å². The predicted molar refractivity (Wildman–Crippen MR) is 121 cm³/mol. The zero-order valence-electron chi connectivity index (χ0n) is 18.7. The molecule has 0 aromatic heterocycles. The smallest absolute Gasteiger partial charge is 0.326 e. The third-order valence-corrected chi connectivity index (χ3v) is 6.42. The zero-order valence-corrected chi connectivity index (χ0v) is 18.7. The molecular weight excluding hydrogens is 424 g/mol. The van der Waals surface area contributed by atoms with Crippen LogP contribution in [0.4, 0.5) is 4.79 Å². The second-order valence-corrected chi connectivity index (χ2v) is 8.24. The van der Waals surface area contributed by atoms with Gasteiger partial charge in [0.05, 0.1) is 26.9 Å². The fraction of sp³-hybridized carbons (Fsp3) is 0.375. The summed E-state index contributed by atoms with van der Waals surface area (Å²) in [7, 11) is 3.12. The first-order valence-corrected chi connectivity index (χ1v) is 10.9. The molecule has 0 radical (unpaired) electrons. The van der Waals surface area contributed by atoms with Crippen molar-refractivity contribution in [1.82, 2.24) is 15.1 Å². The Morgan fingerprint density at radius 2 is 1.55 bits per heavy atom. The third kappa shape index (κ3) is 4.00. The number of nitrogens with one attached hydrogen (secondary N) is 1. The molecule has 0 spiro atoms. The van der Waals surface area contributed by atoms with Crippen molar-refractivity contribution >= 4 is 17.8 Å². The molecule has 3 N–H and O–H groups in total. The number of hydrogen-bond donors (Lipinski definition) is 2. The van der Waals surface area contributed by atoms with Crippen LogP contribution in [-0.4, -0.2) is 61.1 Å². The lowest BCUT2D eigenvalue weighted by Gasteiger charge is -2.35. The summed E-state index contributed by atoms with van der Waals surface area (Å²) in [6, 6.07) is 13.0. The first-order valence-electron chi connectivity index (χ1n) is 10.9. The number of nitrogens with two attached hydrogens (primary N) is 1. The monoisotopic (exact) mass is 452 g/mol. The Morgan fingerprint density at radius 3 is 2.03 bits per heavy atom. The van der Waals surface area contributed by atoms with Crippen LogP contribution in [0, 0.1) is 0 Å². The van der Waals surface area contributed by atoms with E-state index in [2.05, 4.69) is 5.32 Å². The summed E-state index contributed by atoms with van der Waals surface area (Å²) in [4.78, 5) is 42.0. The molecule has 2 aromatic rings. The number of benzene rings is 2. The summed E-state index contributed by atoms with van der Waals surface area (Å²) in [5, 5.41) is 2.92. The maximum absolute atomic E-state index is 13.9. The molecule has 0 unspecified atom stereocenters. The molecule has 4 rings (SSSR count). The average Bonchev–Trinajstić information content (AvgIpc) is 3.10. The lowest BCUT2D eigenvalue weighted by molar-refractivity contribution is -0.134. The minimum atomic E-state index is -1.42. The Balaban J connectivity index is 1.74. The van der Waals surface area contributed by atoms with Gasteiger partial charge in [0, 0.05) is 6.54 Å². The molecule has 9 heteroatoms. The summed E-state index contributed by atoms with van der Waals surface area (Å²) >= 11 is 0. The fourth-order valence-electron chi connectivity index (χ4n) is 4.61. The van der Waals surface area contributed by atoms with Crippen LogP contribution in [0.2, 0.25) is 0 Å². The van der Waals surface area contributed by atoms with Crippen LogP contribution < -0.4 is 20.5 Å². The number of methoxy groups -OCH3 is 2. The minimum absolute atomic E-state index is 0.00761. The van der Waals surface area contributed by atoms with E-state index < -0.39 is 29.4 Å². The standard InChI is InChI=1S/C24H28N4O5/c1-32-18-10-6-16(7-11-18)24(17-8-12-19(33-2)13-9-17)22(30)28(23(31)26-24)15-27-14-4-3-5-20(27)21(25)29/h6-13,20H,3-5,14-15H2,1-2H3,(H2,25,29)(H,26,31)/t20-/m1/s1. The van der Waals surface area contributed by atoms with Gasteiger partial charge in [-0.2, -0.15) is 0 Å². The number of piperidine rings is 1. The molecule has 9 nitrogen and oxygen atoms in total. The number of ether oxygens (including phenoxy) is 2. The van der Waals surface area contributed by atoms with Crippen molar-refractivity contribution in [3.63, 3.8) is 0 Å². The van der Waals surface area contributed by atoms with E-state index in [-0.39, 0.29) is 6.67 Å². The summed E-state index contributed by atoms with van der Waals surface area (Å²) in [5.41, 5.74) is 5.35. The Bertz CT molecular complexity index is 990. The molecule has 2 aliphatic heterocycles. The normalized spacial score (nSPS) is 20.4. The van der Waals surface area contributed by atoms with Crippen molar-refractivity contribution in [1.29, 1.82) is 0 Å². The molecule has 0 aliphatic carbocycles. The second-order valence-electron chi connectivity index (χ2n) is 8.24. The largest absolute Gasteiger partial charge is 0.497 e. The number of carbonyl (C=O) groups is 3. The molecule has 0 saturated carbocycles. The first kappa shape index (κ1) is 22.6. The SMILES string of the molecule is COc1ccc(C2(c3ccc(OC)cc3)NC(=O)N(CN3CCCC[C@@H]3C(N)=O)C2=O)cc1. The van der Waals surface area contributed by atoms with Crippen LogP contribution in [0.25, 0.3) is 0 Å². The Hall–Kier alpha value is -3.59. The van der Waals surface area contributed by atoms with Gasteiger partial charge in [-0.05, 0) is 48.2 Å². The number of amides is 4. The van der Waals surface area contributed by atoms with Crippen LogP contribution in [-0.2, 0) is 15.1 Å². The van der Waals surface area contributed by atoms with Gasteiger partial charge in [0.25, 0.3) is 5.91 Å². The fourth-order valence-corrected chi connectivity index (χ4v) is 4.61. The van der Waals surface area contributed by atoms with Gasteiger partial charge in [-0.3, -0.25) is 14.5 Å². The summed E-state index contributed by atoms with van der Waals surface area (Å²) < 4.78 is 10.5. The number of rotatable bonds is 7. The highest BCUT2D eigenvalue weighted by molar-refractivity contribution is 6.09. The topological polar surface area (TPSA) is 114 Å². The molecule has 1 atom stereocenters. The van der Waals surface area contributed by atoms with Gasteiger partial charge >= 0.3 is 6.03 Å². The summed E-state index contributed by atoms with van der Waals surface area (Å²) in [6.07, 6.45) is 2.36. The summed E-state index contributed by atoms with van der Waals surface area (Å²) in [6.45, 7) is 0.578. The third-order valence-electron chi connectivity index (χ3n) is 6.42. The maximum atomic E-state index is 13.9. The number of urea groups is 1. The lowest BCUT2D eigenvalue weighted by atomic mass is 9.82.